The fraction of sp³-hybridized carbons (Fsp3) is 0.292. The van der Waals surface area contributed by atoms with Crippen molar-refractivity contribution in [3.05, 3.63) is 87.3 Å². The van der Waals surface area contributed by atoms with Gasteiger partial charge in [0.1, 0.15) is 6.54 Å². The van der Waals surface area contributed by atoms with E-state index in [-0.39, 0.29) is 18.0 Å². The maximum Gasteiger partial charge on any atom is 0.258 e. The average molecular weight is 420 g/mol. The molecule has 1 heterocycles. The van der Waals surface area contributed by atoms with Gasteiger partial charge in [-0.15, -0.1) is 0 Å². The van der Waals surface area contributed by atoms with Crippen molar-refractivity contribution in [3.8, 4) is 0 Å². The molecule has 30 heavy (non-hydrogen) atoms. The third-order valence-electron chi connectivity index (χ3n) is 5.22. The second kappa shape index (κ2) is 9.30. The first-order valence-corrected chi connectivity index (χ1v) is 11.2. The van der Waals surface area contributed by atoms with Gasteiger partial charge in [-0.2, -0.15) is 0 Å². The van der Waals surface area contributed by atoms with Crippen LogP contribution in [0.1, 0.15) is 28.8 Å². The van der Waals surface area contributed by atoms with Gasteiger partial charge in [0.15, 0.2) is 5.16 Å². The van der Waals surface area contributed by atoms with Crippen LogP contribution < -0.4 is 10.9 Å². The van der Waals surface area contributed by atoms with E-state index in [9.17, 15) is 9.59 Å². The predicted molar refractivity (Wildman–Crippen MR) is 121 cm³/mol. The van der Waals surface area contributed by atoms with Crippen LogP contribution in [-0.4, -0.2) is 21.2 Å². The highest BCUT2D eigenvalue weighted by molar-refractivity contribution is 7.99. The second-order valence-electron chi connectivity index (χ2n) is 7.57. The Bertz CT molecular complexity index is 1110. The third-order valence-corrected chi connectivity index (χ3v) is 6.20. The Morgan fingerprint density at radius 2 is 1.97 bits per heavy atom. The Balaban J connectivity index is 1.53. The Labute approximate surface area is 180 Å². The highest BCUT2D eigenvalue weighted by Gasteiger charge is 2.22. The molecule has 4 rings (SSSR count). The van der Waals surface area contributed by atoms with Crippen LogP contribution in [0.4, 0.5) is 5.69 Å². The van der Waals surface area contributed by atoms with Crippen molar-refractivity contribution < 1.29 is 4.79 Å². The number of hydrogen-bond acceptors (Lipinski definition) is 4. The number of aromatic nitrogens is 2. The monoisotopic (exact) mass is 419 g/mol. The van der Waals surface area contributed by atoms with Crippen molar-refractivity contribution in [2.45, 2.75) is 44.3 Å². The predicted octanol–water partition coefficient (Wildman–Crippen LogP) is 4.01. The van der Waals surface area contributed by atoms with Crippen molar-refractivity contribution in [1.29, 1.82) is 0 Å². The normalized spacial score (nSPS) is 12.6. The Morgan fingerprint density at radius 3 is 2.77 bits per heavy atom. The molecule has 3 aromatic rings. The number of benzene rings is 2. The summed E-state index contributed by atoms with van der Waals surface area (Å²) in [6.45, 7) is 1.95. The number of nitrogens with zero attached hydrogens (tertiary/aromatic N) is 2. The maximum atomic E-state index is 13.1. The van der Waals surface area contributed by atoms with E-state index < -0.39 is 0 Å². The molecular weight excluding hydrogens is 394 g/mol. The standard InChI is InChI=1S/C24H25N3O2S/c1-17-7-5-10-19(15-17)25-22(28)16-27-23(29)20-11-6-12-21(20)26-24(27)30-14-13-18-8-3-2-4-9-18/h2-5,7-10,15H,6,11-14,16H2,1H3,(H,25,28). The van der Waals surface area contributed by atoms with E-state index in [4.69, 9.17) is 4.98 Å². The number of amides is 1. The number of carbonyl (C=O) groups is 1. The van der Waals surface area contributed by atoms with Crippen LogP contribution in [-0.2, 0) is 30.6 Å². The van der Waals surface area contributed by atoms with Crippen molar-refractivity contribution in [1.82, 2.24) is 9.55 Å². The van der Waals surface area contributed by atoms with Gasteiger partial charge in [-0.3, -0.25) is 14.2 Å². The molecular formula is C24H25N3O2S. The van der Waals surface area contributed by atoms with E-state index in [1.54, 1.807) is 16.3 Å². The Morgan fingerprint density at radius 1 is 1.13 bits per heavy atom. The van der Waals surface area contributed by atoms with Gasteiger partial charge in [-0.1, -0.05) is 54.2 Å². The van der Waals surface area contributed by atoms with Crippen LogP contribution in [0.25, 0.3) is 0 Å². The summed E-state index contributed by atoms with van der Waals surface area (Å²) in [4.78, 5) is 30.5. The van der Waals surface area contributed by atoms with E-state index in [2.05, 4.69) is 17.4 Å². The molecule has 6 heteroatoms. The van der Waals surface area contributed by atoms with E-state index in [0.717, 1.165) is 53.9 Å². The summed E-state index contributed by atoms with van der Waals surface area (Å²) in [5.41, 5.74) is 4.65. The summed E-state index contributed by atoms with van der Waals surface area (Å²) >= 11 is 1.54. The van der Waals surface area contributed by atoms with Gasteiger partial charge in [0.05, 0.1) is 5.69 Å². The number of fused-ring (bicyclic) bond motifs is 1. The maximum absolute atomic E-state index is 13.1. The van der Waals surface area contributed by atoms with E-state index in [1.165, 1.54) is 5.56 Å². The van der Waals surface area contributed by atoms with Gasteiger partial charge in [-0.25, -0.2) is 4.98 Å². The summed E-state index contributed by atoms with van der Waals surface area (Å²) in [6, 6.07) is 17.9. The minimum absolute atomic E-state index is 0.0271. The minimum atomic E-state index is -0.215. The lowest BCUT2D eigenvalue weighted by Crippen LogP contribution is -2.32. The lowest BCUT2D eigenvalue weighted by molar-refractivity contribution is -0.116. The average Bonchev–Trinajstić information content (AvgIpc) is 3.20. The summed E-state index contributed by atoms with van der Waals surface area (Å²) < 4.78 is 1.55. The van der Waals surface area contributed by atoms with Crippen LogP contribution in [0.5, 0.6) is 0 Å². The van der Waals surface area contributed by atoms with Crippen LogP contribution in [0, 0.1) is 6.92 Å². The number of aryl methyl sites for hydroxylation is 3. The molecule has 1 aliphatic rings. The van der Waals surface area contributed by atoms with Crippen LogP contribution in [0.2, 0.25) is 0 Å². The lowest BCUT2D eigenvalue weighted by Gasteiger charge is -2.14. The highest BCUT2D eigenvalue weighted by Crippen LogP contribution is 2.22. The molecule has 0 bridgehead atoms. The summed E-state index contributed by atoms with van der Waals surface area (Å²) in [7, 11) is 0. The molecule has 0 fully saturated rings. The molecule has 0 radical (unpaired) electrons. The Hall–Kier alpha value is -2.86. The second-order valence-corrected chi connectivity index (χ2v) is 8.63. The molecule has 0 spiro atoms. The number of thioether (sulfide) groups is 1. The third kappa shape index (κ3) is 4.82. The minimum Gasteiger partial charge on any atom is -0.325 e. The number of anilines is 1. The molecule has 0 saturated carbocycles. The number of nitrogens with one attached hydrogen (secondary N) is 1. The zero-order valence-corrected chi connectivity index (χ0v) is 17.9. The van der Waals surface area contributed by atoms with E-state index >= 15 is 0 Å². The Kier molecular flexibility index (Phi) is 6.33. The van der Waals surface area contributed by atoms with Crippen molar-refractivity contribution in [2.24, 2.45) is 0 Å². The van der Waals surface area contributed by atoms with Crippen molar-refractivity contribution in [2.75, 3.05) is 11.1 Å². The van der Waals surface area contributed by atoms with Gasteiger partial charge in [-0.05, 0) is 55.9 Å². The van der Waals surface area contributed by atoms with Gasteiger partial charge < -0.3 is 5.32 Å². The molecule has 0 aliphatic heterocycles. The first-order chi connectivity index (χ1) is 14.6. The lowest BCUT2D eigenvalue weighted by atomic mass is 10.2. The molecule has 2 aromatic carbocycles. The van der Waals surface area contributed by atoms with Crippen molar-refractivity contribution in [3.63, 3.8) is 0 Å². The molecule has 154 valence electrons. The number of rotatable bonds is 7. The van der Waals surface area contributed by atoms with Crippen LogP contribution >= 0.6 is 11.8 Å². The number of carbonyl (C=O) groups excluding carboxylic acids is 1. The fourth-order valence-electron chi connectivity index (χ4n) is 3.73. The largest absolute Gasteiger partial charge is 0.325 e. The van der Waals surface area contributed by atoms with Gasteiger partial charge in [0.25, 0.3) is 5.56 Å². The number of hydrogen-bond donors (Lipinski definition) is 1. The summed E-state index contributed by atoms with van der Waals surface area (Å²) in [5.74, 6) is 0.585. The first kappa shape index (κ1) is 20.4. The van der Waals surface area contributed by atoms with Crippen LogP contribution in [0.15, 0.2) is 64.5 Å². The topological polar surface area (TPSA) is 64.0 Å². The zero-order valence-electron chi connectivity index (χ0n) is 17.1. The molecule has 0 atom stereocenters. The van der Waals surface area contributed by atoms with E-state index in [1.807, 2.05) is 49.4 Å². The smallest absolute Gasteiger partial charge is 0.258 e. The molecule has 1 aromatic heterocycles. The first-order valence-electron chi connectivity index (χ1n) is 10.3. The molecule has 5 nitrogen and oxygen atoms in total. The molecule has 1 N–H and O–H groups in total. The van der Waals surface area contributed by atoms with Gasteiger partial charge in [0, 0.05) is 17.0 Å². The van der Waals surface area contributed by atoms with E-state index in [0.29, 0.717) is 5.16 Å². The summed E-state index contributed by atoms with van der Waals surface area (Å²) in [6.07, 6.45) is 3.42. The molecule has 1 aliphatic carbocycles. The summed E-state index contributed by atoms with van der Waals surface area (Å²) in [5, 5.41) is 3.53. The van der Waals surface area contributed by atoms with Gasteiger partial charge >= 0.3 is 0 Å². The highest BCUT2D eigenvalue weighted by atomic mass is 32.2. The van der Waals surface area contributed by atoms with Gasteiger partial charge in [0.2, 0.25) is 5.91 Å². The zero-order chi connectivity index (χ0) is 20.9. The molecule has 1 amide bonds. The van der Waals surface area contributed by atoms with Crippen molar-refractivity contribution >= 4 is 23.4 Å². The fourth-order valence-corrected chi connectivity index (χ4v) is 4.73. The SMILES string of the molecule is Cc1cccc(NC(=O)Cn2c(SCCc3ccccc3)nc3c(c2=O)CCC3)c1. The molecule has 0 unspecified atom stereocenters. The van der Waals surface area contributed by atoms with Crippen LogP contribution in [0.3, 0.4) is 0 Å². The molecule has 0 saturated heterocycles. The quantitative estimate of drug-likeness (QED) is 0.464.